The van der Waals surface area contributed by atoms with Crippen molar-refractivity contribution in [2.75, 3.05) is 12.3 Å². The van der Waals surface area contributed by atoms with Gasteiger partial charge in [-0.05, 0) is 44.9 Å². The van der Waals surface area contributed by atoms with Crippen LogP contribution in [0.4, 0.5) is 10.5 Å². The number of benzene rings is 1. The number of carbonyl (C=O) groups is 1. The van der Waals surface area contributed by atoms with Crippen LogP contribution in [0.3, 0.4) is 0 Å². The average molecular weight is 361 g/mol. The Labute approximate surface area is 150 Å². The number of ether oxygens (including phenoxy) is 1. The highest BCUT2D eigenvalue weighted by atomic mass is 32.2. The second kappa shape index (κ2) is 7.57. The first-order chi connectivity index (χ1) is 11.7. The molecule has 1 amide bonds. The van der Waals surface area contributed by atoms with Gasteiger partial charge in [0, 0.05) is 24.4 Å². The van der Waals surface area contributed by atoms with E-state index in [1.807, 2.05) is 0 Å². The molecule has 25 heavy (non-hydrogen) atoms. The van der Waals surface area contributed by atoms with Crippen molar-refractivity contribution in [3.8, 4) is 6.07 Å². The predicted molar refractivity (Wildman–Crippen MR) is 95.6 cm³/mol. The Morgan fingerprint density at radius 3 is 2.52 bits per heavy atom. The van der Waals surface area contributed by atoms with Crippen LogP contribution in [0.5, 0.6) is 0 Å². The Bertz CT molecular complexity index is 745. The number of nitro groups is 1. The Morgan fingerprint density at radius 2 is 2.00 bits per heavy atom. The summed E-state index contributed by atoms with van der Waals surface area (Å²) in [5, 5.41) is 20.9. The minimum absolute atomic E-state index is 0.0497. The second-order valence-electron chi connectivity index (χ2n) is 6.43. The number of hydrogen-bond acceptors (Lipinski definition) is 6. The van der Waals surface area contributed by atoms with Crippen LogP contribution in [0.2, 0.25) is 0 Å². The molecule has 0 aromatic heterocycles. The van der Waals surface area contributed by atoms with E-state index in [0.29, 0.717) is 22.7 Å². The summed E-state index contributed by atoms with van der Waals surface area (Å²) < 4.78 is 5.43. The van der Waals surface area contributed by atoms with Gasteiger partial charge in [-0.25, -0.2) is 4.79 Å². The third kappa shape index (κ3) is 4.73. The number of nitrogens with zero attached hydrogens (tertiary/aromatic N) is 3. The summed E-state index contributed by atoms with van der Waals surface area (Å²) in [6.45, 7) is 5.82. The summed E-state index contributed by atoms with van der Waals surface area (Å²) in [6, 6.07) is 7.86. The van der Waals surface area contributed by atoms with E-state index in [1.165, 1.54) is 40.9 Å². The molecular formula is C17H19N3O4S. The number of non-ortho nitro benzene ring substituents is 1. The molecule has 1 aromatic carbocycles. The van der Waals surface area contributed by atoms with Crippen LogP contribution in [-0.4, -0.2) is 33.8 Å². The van der Waals surface area contributed by atoms with Crippen molar-refractivity contribution in [3.05, 3.63) is 45.0 Å². The van der Waals surface area contributed by atoms with Crippen LogP contribution >= 0.6 is 11.8 Å². The highest BCUT2D eigenvalue weighted by molar-refractivity contribution is 8.03. The van der Waals surface area contributed by atoms with Crippen molar-refractivity contribution in [1.29, 1.82) is 5.26 Å². The normalized spacial score (nSPS) is 16.8. The monoisotopic (exact) mass is 361 g/mol. The maximum absolute atomic E-state index is 12.5. The van der Waals surface area contributed by atoms with Crippen LogP contribution in [0.25, 0.3) is 5.57 Å². The summed E-state index contributed by atoms with van der Waals surface area (Å²) in [5.41, 5.74) is 0.160. The van der Waals surface area contributed by atoms with E-state index in [9.17, 15) is 20.2 Å². The molecule has 1 heterocycles. The number of amides is 1. The molecule has 8 heteroatoms. The van der Waals surface area contributed by atoms with Crippen LogP contribution in [0.1, 0.15) is 32.8 Å². The molecule has 2 rings (SSSR count). The molecule has 132 valence electrons. The van der Waals surface area contributed by atoms with Crippen LogP contribution in [-0.2, 0) is 4.74 Å². The number of thioether (sulfide) groups is 1. The summed E-state index contributed by atoms with van der Waals surface area (Å²) in [7, 11) is 0. The fourth-order valence-corrected chi connectivity index (χ4v) is 3.35. The molecule has 1 aliphatic heterocycles. The zero-order valence-electron chi connectivity index (χ0n) is 14.3. The van der Waals surface area contributed by atoms with Crippen molar-refractivity contribution < 1.29 is 14.5 Å². The quantitative estimate of drug-likeness (QED) is 0.446. The fourth-order valence-electron chi connectivity index (χ4n) is 2.25. The summed E-state index contributed by atoms with van der Waals surface area (Å²) in [5.74, 6) is 0.785. The van der Waals surface area contributed by atoms with Crippen LogP contribution in [0, 0.1) is 21.4 Å². The largest absolute Gasteiger partial charge is 0.443 e. The van der Waals surface area contributed by atoms with E-state index in [4.69, 9.17) is 4.74 Å². The summed E-state index contributed by atoms with van der Waals surface area (Å²) >= 11 is 1.41. The van der Waals surface area contributed by atoms with E-state index in [-0.39, 0.29) is 5.69 Å². The Morgan fingerprint density at radius 1 is 1.36 bits per heavy atom. The van der Waals surface area contributed by atoms with Gasteiger partial charge in [0.2, 0.25) is 0 Å². The summed E-state index contributed by atoms with van der Waals surface area (Å²) in [6.07, 6.45) is 0.302. The van der Waals surface area contributed by atoms with Gasteiger partial charge in [0.15, 0.2) is 0 Å². The van der Waals surface area contributed by atoms with Gasteiger partial charge in [0.25, 0.3) is 5.69 Å². The SMILES string of the molecule is CC(C)(C)OC(=O)N1CCCS/C1=C(\C#N)c1ccc([N+](=O)[O-])cc1. The molecule has 0 saturated carbocycles. The van der Waals surface area contributed by atoms with Gasteiger partial charge in [0.1, 0.15) is 11.7 Å². The minimum atomic E-state index is -0.634. The predicted octanol–water partition coefficient (Wildman–Crippen LogP) is 4.16. The van der Waals surface area contributed by atoms with Crippen molar-refractivity contribution in [2.24, 2.45) is 0 Å². The van der Waals surface area contributed by atoms with Gasteiger partial charge in [-0.2, -0.15) is 5.26 Å². The summed E-state index contributed by atoms with van der Waals surface area (Å²) in [4.78, 5) is 24.2. The molecule has 1 aromatic rings. The maximum Gasteiger partial charge on any atom is 0.415 e. The van der Waals surface area contributed by atoms with E-state index in [0.717, 1.165) is 12.2 Å². The lowest BCUT2D eigenvalue weighted by molar-refractivity contribution is -0.384. The number of nitro benzene ring substituents is 1. The van der Waals surface area contributed by atoms with Crippen molar-refractivity contribution in [2.45, 2.75) is 32.8 Å². The van der Waals surface area contributed by atoms with Gasteiger partial charge in [-0.1, -0.05) is 0 Å². The van der Waals surface area contributed by atoms with Gasteiger partial charge in [-0.15, -0.1) is 11.8 Å². The van der Waals surface area contributed by atoms with Crippen LogP contribution < -0.4 is 0 Å². The lowest BCUT2D eigenvalue weighted by Crippen LogP contribution is -2.38. The first-order valence-corrected chi connectivity index (χ1v) is 8.74. The second-order valence-corrected chi connectivity index (χ2v) is 7.51. The first kappa shape index (κ1) is 18.8. The van der Waals surface area contributed by atoms with E-state index in [1.54, 1.807) is 20.8 Å². The highest BCUT2D eigenvalue weighted by Gasteiger charge is 2.30. The van der Waals surface area contributed by atoms with E-state index in [2.05, 4.69) is 6.07 Å². The van der Waals surface area contributed by atoms with Gasteiger partial charge in [0.05, 0.1) is 15.5 Å². The Hall–Kier alpha value is -2.53. The molecule has 1 saturated heterocycles. The number of rotatable bonds is 2. The molecule has 0 atom stereocenters. The molecule has 0 unspecified atom stereocenters. The van der Waals surface area contributed by atoms with Crippen molar-refractivity contribution in [3.63, 3.8) is 0 Å². The van der Waals surface area contributed by atoms with Crippen molar-refractivity contribution >= 4 is 29.1 Å². The molecular weight excluding hydrogens is 342 g/mol. The molecule has 0 spiro atoms. The average Bonchev–Trinajstić information content (AvgIpc) is 2.55. The van der Waals surface area contributed by atoms with Gasteiger partial charge >= 0.3 is 6.09 Å². The zero-order valence-corrected chi connectivity index (χ0v) is 15.1. The Balaban J connectivity index is 2.41. The number of nitriles is 1. The van der Waals surface area contributed by atoms with Crippen molar-refractivity contribution in [1.82, 2.24) is 4.90 Å². The van der Waals surface area contributed by atoms with Gasteiger partial charge < -0.3 is 4.74 Å². The minimum Gasteiger partial charge on any atom is -0.443 e. The van der Waals surface area contributed by atoms with E-state index < -0.39 is 16.6 Å². The first-order valence-electron chi connectivity index (χ1n) is 7.75. The molecule has 0 aliphatic carbocycles. The zero-order chi connectivity index (χ0) is 18.6. The van der Waals surface area contributed by atoms with Crippen LogP contribution in [0.15, 0.2) is 29.3 Å². The number of carbonyl (C=O) groups excluding carboxylic acids is 1. The topological polar surface area (TPSA) is 96.5 Å². The Kier molecular flexibility index (Phi) is 5.69. The molecule has 0 bridgehead atoms. The molecule has 0 radical (unpaired) electrons. The fraction of sp³-hybridized carbons (Fsp3) is 0.412. The standard InChI is InChI=1S/C17H19N3O4S/c1-17(2,3)24-16(21)19-9-4-10-25-15(19)14(11-18)12-5-7-13(8-6-12)20(22)23/h5-8H,4,9-10H2,1-3H3/b15-14+. The highest BCUT2D eigenvalue weighted by Crippen LogP contribution is 2.35. The lowest BCUT2D eigenvalue weighted by atomic mass is 10.1. The van der Waals surface area contributed by atoms with E-state index >= 15 is 0 Å². The molecule has 0 N–H and O–H groups in total. The number of hydrogen-bond donors (Lipinski definition) is 0. The maximum atomic E-state index is 12.5. The smallest absolute Gasteiger partial charge is 0.415 e. The molecule has 1 aliphatic rings. The molecule has 7 nitrogen and oxygen atoms in total. The third-order valence-electron chi connectivity index (χ3n) is 3.32. The lowest BCUT2D eigenvalue weighted by Gasteiger charge is -2.32. The van der Waals surface area contributed by atoms with Gasteiger partial charge in [-0.3, -0.25) is 15.0 Å². The number of allylic oxidation sites excluding steroid dienone is 1. The molecule has 1 fully saturated rings. The third-order valence-corrected chi connectivity index (χ3v) is 4.51.